The third kappa shape index (κ3) is 8.25. The second kappa shape index (κ2) is 15.4. The molecule has 2 atom stereocenters. The molecule has 1 saturated carbocycles. The Hall–Kier alpha value is -1.01. The molecule has 0 heterocycles. The fraction of sp³-hybridized carbons (Fsp3) is 0.424. The predicted molar refractivity (Wildman–Crippen MR) is 161 cm³/mol. The first-order chi connectivity index (χ1) is 17.5. The minimum absolute atomic E-state index is 0.694. The molecule has 4 aromatic rings. The molecule has 5 rings (SSSR count). The van der Waals surface area contributed by atoms with E-state index in [-0.39, 0.29) is 0 Å². The van der Waals surface area contributed by atoms with Gasteiger partial charge >= 0.3 is 64.8 Å². The van der Waals surface area contributed by atoms with Crippen LogP contribution in [0.2, 0.25) is 0 Å². The van der Waals surface area contributed by atoms with Gasteiger partial charge in [-0.25, -0.2) is 0 Å². The molecule has 0 bridgehead atoms. The van der Waals surface area contributed by atoms with Crippen LogP contribution in [-0.2, 0) is 18.9 Å². The molecule has 1 fully saturated rings. The van der Waals surface area contributed by atoms with E-state index in [1.807, 2.05) is 0 Å². The first-order valence-corrected chi connectivity index (χ1v) is 21.3. The summed E-state index contributed by atoms with van der Waals surface area (Å²) in [6.45, 7) is 9.15. The summed E-state index contributed by atoms with van der Waals surface area (Å²) in [6, 6.07) is 26.4. The van der Waals surface area contributed by atoms with Gasteiger partial charge in [0.25, 0.3) is 0 Å². The first kappa shape index (κ1) is 29.5. The summed E-state index contributed by atoms with van der Waals surface area (Å²) >= 11 is -1.85. The van der Waals surface area contributed by atoms with Crippen LogP contribution in [-0.4, -0.2) is 3.21 Å². The van der Waals surface area contributed by atoms with Crippen molar-refractivity contribution in [3.8, 4) is 0 Å². The fourth-order valence-corrected chi connectivity index (χ4v) is 9.41. The Bertz CT molecular complexity index is 1130. The molecule has 0 aliphatic heterocycles. The van der Waals surface area contributed by atoms with E-state index in [0.717, 1.165) is 0 Å². The molecule has 0 aromatic heterocycles. The Morgan fingerprint density at radius 1 is 0.722 bits per heavy atom. The number of hydrogen-bond donors (Lipinski definition) is 0. The second-order valence-electron chi connectivity index (χ2n) is 10.2. The van der Waals surface area contributed by atoms with Crippen molar-refractivity contribution in [2.24, 2.45) is 0 Å². The van der Waals surface area contributed by atoms with E-state index in [0.29, 0.717) is 11.8 Å². The van der Waals surface area contributed by atoms with Crippen LogP contribution in [0.3, 0.4) is 0 Å². The zero-order valence-electron chi connectivity index (χ0n) is 22.5. The summed E-state index contributed by atoms with van der Waals surface area (Å²) in [4.78, 5) is 0. The van der Waals surface area contributed by atoms with Crippen molar-refractivity contribution in [3.05, 3.63) is 83.9 Å². The molecule has 0 N–H and O–H groups in total. The molecule has 0 amide bonds. The molecule has 36 heavy (non-hydrogen) atoms. The first-order valence-electron chi connectivity index (χ1n) is 13.8. The molecule has 0 radical (unpaired) electrons. The van der Waals surface area contributed by atoms with E-state index < -0.39 is 18.9 Å². The van der Waals surface area contributed by atoms with E-state index in [1.54, 1.807) is 0 Å². The SMILES string of the molecule is CCCC(C)c1c[cH-]c2ccccc12.CCCC(C)c1c[cH-]c2ccccc12.[Cl][Zr]([Cl])=[C]1CCCC1. The summed E-state index contributed by atoms with van der Waals surface area (Å²) in [5.41, 5.74) is 3.03. The average molecular weight is 601 g/mol. The van der Waals surface area contributed by atoms with Crippen LogP contribution in [0.1, 0.15) is 102 Å². The predicted octanol–water partition coefficient (Wildman–Crippen LogP) is 11.6. The zero-order valence-corrected chi connectivity index (χ0v) is 26.5. The van der Waals surface area contributed by atoms with Crippen LogP contribution in [0.4, 0.5) is 0 Å². The Balaban J connectivity index is 0.000000157. The van der Waals surface area contributed by atoms with Gasteiger partial charge < -0.3 is 0 Å². The molecular weight excluding hydrogens is 558 g/mol. The maximum absolute atomic E-state index is 5.81. The van der Waals surface area contributed by atoms with Crippen molar-refractivity contribution in [2.75, 3.05) is 0 Å². The molecule has 2 unspecified atom stereocenters. The topological polar surface area (TPSA) is 0 Å². The van der Waals surface area contributed by atoms with Gasteiger partial charge in [-0.3, -0.25) is 0 Å². The molecule has 1 aliphatic rings. The Labute approximate surface area is 234 Å². The van der Waals surface area contributed by atoms with Gasteiger partial charge in [0.1, 0.15) is 0 Å². The van der Waals surface area contributed by atoms with Crippen LogP contribution >= 0.6 is 17.0 Å². The molecule has 4 aromatic carbocycles. The molecule has 0 spiro atoms. The van der Waals surface area contributed by atoms with E-state index in [2.05, 4.69) is 100 Å². The van der Waals surface area contributed by atoms with Crippen molar-refractivity contribution in [2.45, 2.75) is 90.9 Å². The van der Waals surface area contributed by atoms with Gasteiger partial charge in [-0.15, -0.1) is 82.2 Å². The van der Waals surface area contributed by atoms with E-state index in [9.17, 15) is 0 Å². The van der Waals surface area contributed by atoms with Crippen molar-refractivity contribution in [3.63, 3.8) is 0 Å². The molecular formula is C33H42Cl2Zr-2. The van der Waals surface area contributed by atoms with Crippen molar-refractivity contribution in [1.29, 1.82) is 0 Å². The summed E-state index contributed by atoms with van der Waals surface area (Å²) in [6.07, 6.45) is 10.2. The summed E-state index contributed by atoms with van der Waals surface area (Å²) in [5.74, 6) is 1.39. The normalized spacial score (nSPS) is 14.7. The van der Waals surface area contributed by atoms with E-state index in [1.165, 1.54) is 87.2 Å². The third-order valence-corrected chi connectivity index (χ3v) is 13.1. The fourth-order valence-electron chi connectivity index (χ4n) is 5.38. The Morgan fingerprint density at radius 3 is 1.50 bits per heavy atom. The number of fused-ring (bicyclic) bond motifs is 2. The molecule has 1 aliphatic carbocycles. The maximum atomic E-state index is 5.81. The second-order valence-corrected chi connectivity index (χ2v) is 18.8. The van der Waals surface area contributed by atoms with Gasteiger partial charge in [0.15, 0.2) is 0 Å². The van der Waals surface area contributed by atoms with Gasteiger partial charge in [-0.2, -0.15) is 11.1 Å². The Morgan fingerprint density at radius 2 is 1.14 bits per heavy atom. The van der Waals surface area contributed by atoms with Crippen LogP contribution in [0.25, 0.3) is 21.5 Å². The minimum atomic E-state index is -1.85. The van der Waals surface area contributed by atoms with Crippen LogP contribution in [0, 0.1) is 0 Å². The monoisotopic (exact) mass is 598 g/mol. The summed E-state index contributed by atoms with van der Waals surface area (Å²) in [5, 5.41) is 5.64. The summed E-state index contributed by atoms with van der Waals surface area (Å²) < 4.78 is 1.52. The zero-order chi connectivity index (χ0) is 25.9. The van der Waals surface area contributed by atoms with Gasteiger partial charge in [0.05, 0.1) is 0 Å². The molecule has 3 heteroatoms. The van der Waals surface area contributed by atoms with Crippen molar-refractivity contribution >= 4 is 41.8 Å². The number of halogens is 2. The van der Waals surface area contributed by atoms with Gasteiger partial charge in [0, 0.05) is 0 Å². The van der Waals surface area contributed by atoms with Gasteiger partial charge in [0.2, 0.25) is 0 Å². The quantitative estimate of drug-likeness (QED) is 0.193. The van der Waals surface area contributed by atoms with E-state index in [4.69, 9.17) is 17.0 Å². The van der Waals surface area contributed by atoms with Crippen molar-refractivity contribution in [1.82, 2.24) is 0 Å². The average Bonchev–Trinajstić information content (AvgIpc) is 3.65. The molecule has 0 saturated heterocycles. The van der Waals surface area contributed by atoms with Crippen LogP contribution in [0.5, 0.6) is 0 Å². The standard InChI is InChI=1S/2C14H17.C5H8.2ClH.Zr/c2*1-3-6-11(2)13-10-9-12-7-4-5-8-14(12)13;1-2-4-5-3-1;;;/h2*4-5,7-11H,3,6H2,1-2H3;1-4H2;2*1H;/q2*-1;;;;+2/p-2. The molecule has 0 nitrogen and oxygen atoms in total. The van der Waals surface area contributed by atoms with Gasteiger partial charge in [-0.1, -0.05) is 77.3 Å². The van der Waals surface area contributed by atoms with E-state index >= 15 is 0 Å². The van der Waals surface area contributed by atoms with Gasteiger partial charge in [-0.05, 0) is 0 Å². The van der Waals surface area contributed by atoms with Crippen molar-refractivity contribution < 1.29 is 18.9 Å². The van der Waals surface area contributed by atoms with Crippen LogP contribution in [0.15, 0.2) is 72.8 Å². The number of hydrogen-bond acceptors (Lipinski definition) is 0. The summed E-state index contributed by atoms with van der Waals surface area (Å²) in [7, 11) is 11.6. The molecule has 194 valence electrons. The number of rotatable bonds is 6. The third-order valence-electron chi connectivity index (χ3n) is 7.41. The van der Waals surface area contributed by atoms with Crippen LogP contribution < -0.4 is 0 Å². The number of benzene rings is 2. The Kier molecular flexibility index (Phi) is 12.7.